The highest BCUT2D eigenvalue weighted by Gasteiger charge is 2.23. The lowest BCUT2D eigenvalue weighted by atomic mass is 10.1. The van der Waals surface area contributed by atoms with Gasteiger partial charge in [0.1, 0.15) is 0 Å². The fraction of sp³-hybridized carbons (Fsp3) is 0.579. The molecule has 2 saturated heterocycles. The quantitative estimate of drug-likeness (QED) is 0.858. The van der Waals surface area contributed by atoms with Gasteiger partial charge < -0.3 is 9.26 Å². The normalized spacial score (nSPS) is 22.6. The minimum atomic E-state index is 0.282. The van der Waals surface area contributed by atoms with E-state index in [-0.39, 0.29) is 5.92 Å². The van der Waals surface area contributed by atoms with Crippen molar-refractivity contribution in [2.24, 2.45) is 0 Å². The van der Waals surface area contributed by atoms with Crippen LogP contribution in [-0.4, -0.2) is 41.3 Å². The first-order valence-electron chi connectivity index (χ1n) is 9.11. The Morgan fingerprint density at radius 1 is 1.04 bits per heavy atom. The second-order valence-electron chi connectivity index (χ2n) is 6.91. The molecule has 24 heavy (non-hydrogen) atoms. The van der Waals surface area contributed by atoms with Gasteiger partial charge in [-0.15, -0.1) is 0 Å². The molecule has 2 fully saturated rings. The van der Waals surface area contributed by atoms with E-state index in [0.29, 0.717) is 12.5 Å². The minimum absolute atomic E-state index is 0.282. The molecule has 0 unspecified atom stereocenters. The van der Waals surface area contributed by atoms with Crippen molar-refractivity contribution in [2.75, 3.05) is 26.3 Å². The SMILES string of the molecule is c1cc(-c2nc([C@H]3CCOC3)no2)ccc1CN1CCCCCC1. The summed E-state index contributed by atoms with van der Waals surface area (Å²) in [5.74, 6) is 1.67. The largest absolute Gasteiger partial charge is 0.381 e. The second-order valence-corrected chi connectivity index (χ2v) is 6.91. The molecule has 4 rings (SSSR count). The molecule has 1 atom stereocenters. The standard InChI is InChI=1S/C19H25N3O2/c1-2-4-11-22(10-3-1)13-15-5-7-16(8-6-15)19-20-18(21-24-19)17-9-12-23-14-17/h5-8,17H,1-4,9-14H2/t17-/m0/s1. The van der Waals surface area contributed by atoms with E-state index in [0.717, 1.165) is 31.0 Å². The van der Waals surface area contributed by atoms with Gasteiger partial charge in [-0.25, -0.2) is 0 Å². The topological polar surface area (TPSA) is 51.4 Å². The van der Waals surface area contributed by atoms with Crippen LogP contribution in [-0.2, 0) is 11.3 Å². The van der Waals surface area contributed by atoms with E-state index in [9.17, 15) is 0 Å². The highest BCUT2D eigenvalue weighted by molar-refractivity contribution is 5.53. The van der Waals surface area contributed by atoms with Gasteiger partial charge in [0.15, 0.2) is 5.82 Å². The van der Waals surface area contributed by atoms with Crippen LogP contribution < -0.4 is 0 Å². The van der Waals surface area contributed by atoms with Gasteiger partial charge in [-0.1, -0.05) is 30.1 Å². The fourth-order valence-corrected chi connectivity index (χ4v) is 3.56. The van der Waals surface area contributed by atoms with Crippen LogP contribution in [0.1, 0.15) is 49.4 Å². The number of hydrogen-bond donors (Lipinski definition) is 0. The van der Waals surface area contributed by atoms with E-state index in [1.54, 1.807) is 0 Å². The Hall–Kier alpha value is -1.72. The smallest absolute Gasteiger partial charge is 0.257 e. The Kier molecular flexibility index (Phi) is 4.90. The van der Waals surface area contributed by atoms with E-state index < -0.39 is 0 Å². The summed E-state index contributed by atoms with van der Waals surface area (Å²) in [6.07, 6.45) is 6.39. The number of aromatic nitrogens is 2. The molecule has 2 aliphatic rings. The van der Waals surface area contributed by atoms with Gasteiger partial charge in [0, 0.05) is 24.6 Å². The highest BCUT2D eigenvalue weighted by Crippen LogP contribution is 2.26. The van der Waals surface area contributed by atoms with Crippen molar-refractivity contribution in [3.05, 3.63) is 35.7 Å². The van der Waals surface area contributed by atoms with Gasteiger partial charge in [-0.3, -0.25) is 4.90 Å². The van der Waals surface area contributed by atoms with Gasteiger partial charge in [-0.05, 0) is 50.0 Å². The summed E-state index contributed by atoms with van der Waals surface area (Å²) in [7, 11) is 0. The lowest BCUT2D eigenvalue weighted by molar-refractivity contribution is 0.192. The maximum atomic E-state index is 5.44. The molecule has 5 heteroatoms. The van der Waals surface area contributed by atoms with E-state index in [2.05, 4.69) is 39.3 Å². The third-order valence-corrected chi connectivity index (χ3v) is 5.04. The molecule has 2 aromatic rings. The first kappa shape index (κ1) is 15.8. The van der Waals surface area contributed by atoms with Crippen LogP contribution >= 0.6 is 0 Å². The summed E-state index contributed by atoms with van der Waals surface area (Å²) in [6.45, 7) is 4.97. The predicted octanol–water partition coefficient (Wildman–Crippen LogP) is 3.62. The Morgan fingerprint density at radius 3 is 2.54 bits per heavy atom. The van der Waals surface area contributed by atoms with Crippen LogP contribution in [0.3, 0.4) is 0 Å². The van der Waals surface area contributed by atoms with Crippen molar-refractivity contribution in [1.82, 2.24) is 15.0 Å². The summed E-state index contributed by atoms with van der Waals surface area (Å²) in [5, 5.41) is 4.13. The molecular weight excluding hydrogens is 302 g/mol. The van der Waals surface area contributed by atoms with Crippen molar-refractivity contribution in [3.63, 3.8) is 0 Å². The third-order valence-electron chi connectivity index (χ3n) is 5.04. The molecule has 0 saturated carbocycles. The van der Waals surface area contributed by atoms with Crippen LogP contribution in [0.25, 0.3) is 11.5 Å². The van der Waals surface area contributed by atoms with Gasteiger partial charge >= 0.3 is 0 Å². The van der Waals surface area contributed by atoms with Gasteiger partial charge in [0.25, 0.3) is 5.89 Å². The van der Waals surface area contributed by atoms with Crippen LogP contribution in [0.5, 0.6) is 0 Å². The maximum absolute atomic E-state index is 5.44. The fourth-order valence-electron chi connectivity index (χ4n) is 3.56. The summed E-state index contributed by atoms with van der Waals surface area (Å²) < 4.78 is 10.8. The molecule has 1 aromatic carbocycles. The van der Waals surface area contributed by atoms with Crippen LogP contribution in [0.2, 0.25) is 0 Å². The van der Waals surface area contributed by atoms with Crippen LogP contribution in [0.15, 0.2) is 28.8 Å². The Bertz CT molecular complexity index is 639. The Morgan fingerprint density at radius 2 is 1.83 bits per heavy atom. The highest BCUT2D eigenvalue weighted by atomic mass is 16.5. The molecule has 2 aliphatic heterocycles. The van der Waals surface area contributed by atoms with Crippen molar-refractivity contribution in [3.8, 4) is 11.5 Å². The zero-order chi connectivity index (χ0) is 16.2. The Labute approximate surface area is 143 Å². The molecule has 1 aromatic heterocycles. The van der Waals surface area contributed by atoms with Gasteiger partial charge in [0.2, 0.25) is 0 Å². The molecule has 128 valence electrons. The summed E-state index contributed by atoms with van der Waals surface area (Å²) in [4.78, 5) is 7.11. The second kappa shape index (κ2) is 7.45. The lowest BCUT2D eigenvalue weighted by Gasteiger charge is -2.19. The van der Waals surface area contributed by atoms with Crippen molar-refractivity contribution in [2.45, 2.75) is 44.6 Å². The number of rotatable bonds is 4. The van der Waals surface area contributed by atoms with Crippen molar-refractivity contribution < 1.29 is 9.26 Å². The summed E-state index contributed by atoms with van der Waals surface area (Å²) >= 11 is 0. The molecule has 0 radical (unpaired) electrons. The zero-order valence-corrected chi connectivity index (χ0v) is 14.1. The number of likely N-dealkylation sites (tertiary alicyclic amines) is 1. The molecule has 5 nitrogen and oxygen atoms in total. The molecule has 3 heterocycles. The average Bonchev–Trinajstić information content (AvgIpc) is 3.24. The minimum Gasteiger partial charge on any atom is -0.381 e. The lowest BCUT2D eigenvalue weighted by Crippen LogP contribution is -2.23. The molecule has 0 bridgehead atoms. The molecule has 0 amide bonds. The number of ether oxygens (including phenoxy) is 1. The van der Waals surface area contributed by atoms with Gasteiger partial charge in [0.05, 0.1) is 6.61 Å². The van der Waals surface area contributed by atoms with E-state index in [1.165, 1.54) is 44.3 Å². The number of nitrogens with zero attached hydrogens (tertiary/aromatic N) is 3. The first-order chi connectivity index (χ1) is 11.9. The molecule has 0 spiro atoms. The van der Waals surface area contributed by atoms with Crippen molar-refractivity contribution in [1.29, 1.82) is 0 Å². The molecule has 0 aliphatic carbocycles. The van der Waals surface area contributed by atoms with E-state index >= 15 is 0 Å². The zero-order valence-electron chi connectivity index (χ0n) is 14.1. The summed E-state index contributed by atoms with van der Waals surface area (Å²) in [5.41, 5.74) is 2.34. The molecular formula is C19H25N3O2. The predicted molar refractivity (Wildman–Crippen MR) is 91.7 cm³/mol. The van der Waals surface area contributed by atoms with Gasteiger partial charge in [-0.2, -0.15) is 4.98 Å². The molecule has 0 N–H and O–H groups in total. The third kappa shape index (κ3) is 3.68. The first-order valence-corrected chi connectivity index (χ1v) is 9.11. The number of benzene rings is 1. The maximum Gasteiger partial charge on any atom is 0.257 e. The number of hydrogen-bond acceptors (Lipinski definition) is 5. The Balaban J connectivity index is 1.41. The summed E-state index contributed by atoms with van der Waals surface area (Å²) in [6, 6.07) is 8.55. The monoisotopic (exact) mass is 327 g/mol. The van der Waals surface area contributed by atoms with Crippen LogP contribution in [0, 0.1) is 0 Å². The van der Waals surface area contributed by atoms with Crippen molar-refractivity contribution >= 4 is 0 Å². The van der Waals surface area contributed by atoms with E-state index in [1.807, 2.05) is 0 Å². The van der Waals surface area contributed by atoms with E-state index in [4.69, 9.17) is 9.26 Å². The van der Waals surface area contributed by atoms with Crippen LogP contribution in [0.4, 0.5) is 0 Å². The average molecular weight is 327 g/mol.